The number of pyridine rings is 2. The van der Waals surface area contributed by atoms with Gasteiger partial charge in [-0.1, -0.05) is 35.8 Å². The van der Waals surface area contributed by atoms with Crippen LogP contribution >= 0.6 is 0 Å². The quantitative estimate of drug-likeness (QED) is 0.184. The minimum absolute atomic E-state index is 0. The Bertz CT molecular complexity index is 1730. The molecule has 1 aromatic carbocycles. The molecule has 0 bridgehead atoms. The zero-order valence-corrected chi connectivity index (χ0v) is 29.0. The van der Waals surface area contributed by atoms with Gasteiger partial charge in [0.2, 0.25) is 11.8 Å². The third-order valence-electron chi connectivity index (χ3n) is 10.3. The first-order chi connectivity index (χ1) is 24.5. The summed E-state index contributed by atoms with van der Waals surface area (Å²) in [4.78, 5) is 38.6. The number of piperidine rings is 2. The van der Waals surface area contributed by atoms with Gasteiger partial charge in [0.1, 0.15) is 0 Å². The van der Waals surface area contributed by atoms with Crippen LogP contribution < -0.4 is 10.6 Å². The highest BCUT2D eigenvalue weighted by molar-refractivity contribution is 5.93. The first-order valence-electron chi connectivity index (χ1n) is 18.4. The fourth-order valence-corrected chi connectivity index (χ4v) is 7.01. The number of nitrogens with one attached hydrogen (secondary N) is 2. The number of hydrogen-bond acceptors (Lipinski definition) is 8. The van der Waals surface area contributed by atoms with Crippen LogP contribution in [0, 0.1) is 6.92 Å². The van der Waals surface area contributed by atoms with Gasteiger partial charge in [0.15, 0.2) is 0 Å². The van der Waals surface area contributed by atoms with Crippen molar-refractivity contribution in [3.05, 3.63) is 95.4 Å². The number of aryl methyl sites for hydroxylation is 1. The predicted molar refractivity (Wildman–Crippen MR) is 196 cm³/mol. The maximum absolute atomic E-state index is 12.8. The van der Waals surface area contributed by atoms with Crippen molar-refractivity contribution in [2.75, 3.05) is 23.7 Å². The Labute approximate surface area is 297 Å². The number of nitrogens with zero attached hydrogens (tertiary/aromatic N) is 6. The maximum atomic E-state index is 12.8. The number of amides is 3. The number of rotatable bonds is 9. The van der Waals surface area contributed by atoms with Crippen LogP contribution in [0.1, 0.15) is 107 Å². The second-order valence-corrected chi connectivity index (χ2v) is 14.2. The van der Waals surface area contributed by atoms with Crippen LogP contribution in [0.4, 0.5) is 16.5 Å². The molecule has 8 rings (SSSR count). The Balaban J connectivity index is 0.000000194. The van der Waals surface area contributed by atoms with E-state index in [0.29, 0.717) is 18.4 Å². The van der Waals surface area contributed by atoms with E-state index in [-0.39, 0.29) is 32.9 Å². The number of carbonyl (C=O) groups is 2. The lowest BCUT2D eigenvalue weighted by molar-refractivity contribution is -0.122. The number of urea groups is 1. The lowest BCUT2D eigenvalue weighted by Crippen LogP contribution is -2.47. The average Bonchev–Trinajstić information content (AvgIpc) is 4.10. The molecule has 11 heteroatoms. The van der Waals surface area contributed by atoms with Crippen LogP contribution in [-0.4, -0.2) is 67.1 Å². The Kier molecular flexibility index (Phi) is 10.8. The van der Waals surface area contributed by atoms with E-state index in [9.17, 15) is 9.59 Å². The Hall–Kier alpha value is -4.64. The Morgan fingerprint density at radius 1 is 0.820 bits per heavy atom. The van der Waals surface area contributed by atoms with Crippen LogP contribution in [0.2, 0.25) is 0 Å². The lowest BCUT2D eigenvalue weighted by Gasteiger charge is -2.35. The fraction of sp³-hybridized carbons (Fsp3) is 0.487. The zero-order valence-electron chi connectivity index (χ0n) is 29.0. The average molecular weight is 681 g/mol. The summed E-state index contributed by atoms with van der Waals surface area (Å²) in [5, 5.41) is 13.9. The zero-order chi connectivity index (χ0) is 34.3. The van der Waals surface area contributed by atoms with E-state index in [1.165, 1.54) is 24.8 Å². The van der Waals surface area contributed by atoms with E-state index in [4.69, 9.17) is 4.42 Å². The summed E-state index contributed by atoms with van der Waals surface area (Å²) in [6.45, 7) is 4.45. The summed E-state index contributed by atoms with van der Waals surface area (Å²) in [6.07, 6.45) is 15.5. The molecule has 0 spiro atoms. The van der Waals surface area contributed by atoms with Crippen molar-refractivity contribution in [2.24, 2.45) is 0 Å². The molecule has 4 aliphatic rings. The first-order valence-corrected chi connectivity index (χ1v) is 18.4. The molecule has 266 valence electrons. The third-order valence-corrected chi connectivity index (χ3v) is 10.3. The number of aromatic nitrogens is 4. The first kappa shape index (κ1) is 33.8. The molecule has 2 saturated heterocycles. The van der Waals surface area contributed by atoms with Crippen LogP contribution in [-0.2, 0) is 17.8 Å². The molecule has 2 aliphatic carbocycles. The van der Waals surface area contributed by atoms with Crippen LogP contribution in [0.15, 0.2) is 71.4 Å². The highest BCUT2D eigenvalue weighted by Gasteiger charge is 2.33. The summed E-state index contributed by atoms with van der Waals surface area (Å²) in [5.74, 6) is 1.70. The summed E-state index contributed by atoms with van der Waals surface area (Å²) in [7, 11) is 0. The molecule has 2 atom stereocenters. The van der Waals surface area contributed by atoms with E-state index >= 15 is 0 Å². The van der Waals surface area contributed by atoms with Crippen LogP contribution in [0.5, 0.6) is 0 Å². The molecule has 3 aromatic heterocycles. The number of anilines is 2. The topological polar surface area (TPSA) is 129 Å². The second-order valence-electron chi connectivity index (χ2n) is 14.2. The van der Waals surface area contributed by atoms with Gasteiger partial charge in [-0.2, -0.15) is 0 Å². The van der Waals surface area contributed by atoms with Crippen LogP contribution in [0.25, 0.3) is 0 Å². The van der Waals surface area contributed by atoms with Gasteiger partial charge in [0.05, 0.1) is 11.7 Å². The highest BCUT2D eigenvalue weighted by atomic mass is 16.4. The summed E-state index contributed by atoms with van der Waals surface area (Å²) >= 11 is 0. The van der Waals surface area contributed by atoms with Crippen LogP contribution in [0.3, 0.4) is 0 Å². The molecule has 1 unspecified atom stereocenters. The van der Waals surface area contributed by atoms with E-state index in [1.807, 2.05) is 47.5 Å². The number of hydrogen-bond donors (Lipinski definition) is 2. The molecular weight excluding hydrogens is 628 g/mol. The van der Waals surface area contributed by atoms with Crippen molar-refractivity contribution in [3.8, 4) is 0 Å². The van der Waals surface area contributed by atoms with E-state index < -0.39 is 0 Å². The lowest BCUT2D eigenvalue weighted by atomic mass is 9.98. The molecule has 4 fully saturated rings. The molecular formula is C39H52N8O3. The normalized spacial score (nSPS) is 20.8. The fourth-order valence-electron chi connectivity index (χ4n) is 7.01. The molecule has 0 radical (unpaired) electrons. The molecule has 50 heavy (non-hydrogen) atoms. The number of carbonyl (C=O) groups excluding carboxylic acids is 2. The smallest absolute Gasteiger partial charge is 0.322 e. The summed E-state index contributed by atoms with van der Waals surface area (Å²) < 4.78 is 5.56. The molecule has 5 heterocycles. The molecule has 2 N–H and O–H groups in total. The van der Waals surface area contributed by atoms with Gasteiger partial charge >= 0.3 is 12.0 Å². The van der Waals surface area contributed by atoms with Crippen molar-refractivity contribution in [3.63, 3.8) is 0 Å². The Morgan fingerprint density at radius 3 is 2.36 bits per heavy atom. The SMILES string of the molecule is Cc1cccnc1CN1CCCC[C@@H]1C(=O)Nc1nnc(C2CC2)o1.O=C(Nc1ccc(C2CC2)cc1)N1CCCCC1Cc1ccccn1.[HH].[HH]. The second kappa shape index (κ2) is 15.9. The molecule has 11 nitrogen and oxygen atoms in total. The standard InChI is InChI=1S/C21H25N3O.C18H23N5O2.2H2/c25-21(23-18-11-9-17(10-12-18)16-7-8-16)24-14-4-2-6-20(24)15-19-5-1-3-13-22-19;1-12-5-4-9-19-14(12)11-23-10-3-2-6-15(23)16(24)20-18-22-21-17(25-18)13-7-8-13;;/h1,3,5,9-13,16,20H,2,4,6-8,14-15H2,(H,23,25);4-5,9,13,15H,2-3,6-8,10-11H2,1H3,(H,20,22,24);2*1H/t;15-;;/m.1../s1. The number of likely N-dealkylation sites (tertiary alicyclic amines) is 2. The molecule has 3 amide bonds. The van der Waals surface area contributed by atoms with Crippen molar-refractivity contribution in [1.82, 2.24) is 30.0 Å². The molecule has 2 aliphatic heterocycles. The largest absolute Gasteiger partial charge is 0.408 e. The molecule has 2 saturated carbocycles. The van der Waals surface area contributed by atoms with Gasteiger partial charge in [0, 0.05) is 58.1 Å². The van der Waals surface area contributed by atoms with Crippen molar-refractivity contribution in [2.45, 2.75) is 108 Å². The van der Waals surface area contributed by atoms with E-state index in [0.717, 1.165) is 93.0 Å². The van der Waals surface area contributed by atoms with Crippen molar-refractivity contribution >= 4 is 23.6 Å². The van der Waals surface area contributed by atoms with Gasteiger partial charge in [-0.15, -0.1) is 5.10 Å². The van der Waals surface area contributed by atoms with E-state index in [2.05, 4.69) is 60.8 Å². The summed E-state index contributed by atoms with van der Waals surface area (Å²) in [6, 6.07) is 18.6. The minimum atomic E-state index is -0.188. The van der Waals surface area contributed by atoms with Gasteiger partial charge in [-0.25, -0.2) is 4.79 Å². The predicted octanol–water partition coefficient (Wildman–Crippen LogP) is 7.72. The summed E-state index contributed by atoms with van der Waals surface area (Å²) in [5.41, 5.74) is 5.51. The van der Waals surface area contributed by atoms with Crippen molar-refractivity contribution < 1.29 is 16.9 Å². The van der Waals surface area contributed by atoms with E-state index in [1.54, 1.807) is 6.20 Å². The number of benzene rings is 1. The minimum Gasteiger partial charge on any atom is -0.408 e. The van der Waals surface area contributed by atoms with Gasteiger partial charge in [-0.3, -0.25) is 25.0 Å². The molecule has 4 aromatic rings. The maximum Gasteiger partial charge on any atom is 0.322 e. The Morgan fingerprint density at radius 2 is 1.60 bits per heavy atom. The van der Waals surface area contributed by atoms with Gasteiger partial charge in [0.25, 0.3) is 0 Å². The van der Waals surface area contributed by atoms with Gasteiger partial charge in [-0.05, 0) is 119 Å². The monoisotopic (exact) mass is 680 g/mol. The highest BCUT2D eigenvalue weighted by Crippen LogP contribution is 2.40. The third kappa shape index (κ3) is 8.93. The van der Waals surface area contributed by atoms with Crippen molar-refractivity contribution in [1.29, 1.82) is 0 Å². The van der Waals surface area contributed by atoms with Gasteiger partial charge < -0.3 is 14.6 Å².